The zero-order valence-corrected chi connectivity index (χ0v) is 21.9. The van der Waals surface area contributed by atoms with E-state index in [0.717, 1.165) is 12.0 Å². The molecule has 8 heteroatoms. The van der Waals surface area contributed by atoms with E-state index >= 15 is 0 Å². The van der Waals surface area contributed by atoms with Gasteiger partial charge in [0, 0.05) is 36.5 Å². The van der Waals surface area contributed by atoms with Crippen LogP contribution in [-0.4, -0.2) is 62.4 Å². The van der Waals surface area contributed by atoms with Crippen LogP contribution in [-0.2, 0) is 19.1 Å². The highest BCUT2D eigenvalue weighted by molar-refractivity contribution is 8.13. The topological polar surface area (TPSA) is 113 Å². The number of hydrogen-bond donors (Lipinski definition) is 3. The standard InChI is InChI=1S/C26H42O7S/c1-16(2)25(30)34-15-19(5)26(31)14-21-13-20(33-26)9-6-17(3)7-10-22(27)23(28)11-8-18(4)12-24(29)32-21/h7,10,12,16-17,19-23,27-28,31H,6,8-9,11,13-15H2,1-5H3. The highest BCUT2D eigenvalue weighted by atomic mass is 32.2. The van der Waals surface area contributed by atoms with Gasteiger partial charge in [0.1, 0.15) is 6.10 Å². The number of carbonyl (C=O) groups excluding carboxylic acids is 2. The molecule has 2 heterocycles. The summed E-state index contributed by atoms with van der Waals surface area (Å²) in [6.45, 7) is 9.36. The van der Waals surface area contributed by atoms with E-state index in [4.69, 9.17) is 9.47 Å². The van der Waals surface area contributed by atoms with E-state index in [0.29, 0.717) is 31.4 Å². The summed E-state index contributed by atoms with van der Waals surface area (Å²) in [4.78, 5) is 24.6. The normalized spacial score (nSPS) is 34.9. The summed E-state index contributed by atoms with van der Waals surface area (Å²) in [6, 6.07) is 0. The predicted molar refractivity (Wildman–Crippen MR) is 133 cm³/mol. The fraction of sp³-hybridized carbons (Fsp3) is 0.769. The van der Waals surface area contributed by atoms with Gasteiger partial charge in [-0.2, -0.15) is 0 Å². The Labute approximate surface area is 208 Å². The van der Waals surface area contributed by atoms with Gasteiger partial charge in [-0.05, 0) is 38.5 Å². The number of ether oxygens (including phenoxy) is 2. The van der Waals surface area contributed by atoms with E-state index in [9.17, 15) is 24.9 Å². The van der Waals surface area contributed by atoms with Gasteiger partial charge in [0.05, 0.1) is 18.3 Å². The first-order valence-corrected chi connectivity index (χ1v) is 13.4. The van der Waals surface area contributed by atoms with Gasteiger partial charge in [0.2, 0.25) is 0 Å². The summed E-state index contributed by atoms with van der Waals surface area (Å²) in [7, 11) is 0. The lowest BCUT2D eigenvalue weighted by molar-refractivity contribution is -0.294. The number of carbonyl (C=O) groups is 2. The quantitative estimate of drug-likeness (QED) is 0.397. The first-order valence-electron chi connectivity index (χ1n) is 12.4. The molecule has 7 nitrogen and oxygen atoms in total. The van der Waals surface area contributed by atoms with Crippen molar-refractivity contribution in [3.05, 3.63) is 23.8 Å². The lowest BCUT2D eigenvalue weighted by Crippen LogP contribution is -2.52. The average molecular weight is 499 g/mol. The first kappa shape index (κ1) is 29.0. The van der Waals surface area contributed by atoms with Crippen molar-refractivity contribution >= 4 is 22.8 Å². The van der Waals surface area contributed by atoms with Gasteiger partial charge in [0.25, 0.3) is 0 Å². The fourth-order valence-corrected chi connectivity index (χ4v) is 5.18. The third-order valence-corrected chi connectivity index (χ3v) is 8.01. The van der Waals surface area contributed by atoms with Crippen LogP contribution < -0.4 is 0 Å². The molecular formula is C26H42O7S. The van der Waals surface area contributed by atoms with Crippen LogP contribution in [0.1, 0.15) is 73.1 Å². The summed E-state index contributed by atoms with van der Waals surface area (Å²) in [5, 5.41) is 31.9. The van der Waals surface area contributed by atoms with Gasteiger partial charge in [-0.15, -0.1) is 0 Å². The monoisotopic (exact) mass is 498 g/mol. The molecule has 7 unspecified atom stereocenters. The zero-order chi connectivity index (χ0) is 25.5. The molecule has 3 N–H and O–H groups in total. The van der Waals surface area contributed by atoms with Gasteiger partial charge in [0.15, 0.2) is 10.9 Å². The molecule has 0 aromatic rings. The zero-order valence-electron chi connectivity index (χ0n) is 21.1. The fourth-order valence-electron chi connectivity index (χ4n) is 4.17. The van der Waals surface area contributed by atoms with Crippen LogP contribution in [0.5, 0.6) is 0 Å². The Balaban J connectivity index is 2.20. The van der Waals surface area contributed by atoms with Gasteiger partial charge in [-0.3, -0.25) is 4.79 Å². The van der Waals surface area contributed by atoms with Crippen LogP contribution in [0.15, 0.2) is 23.8 Å². The molecule has 1 fully saturated rings. The molecule has 2 aliphatic rings. The van der Waals surface area contributed by atoms with Crippen LogP contribution in [0.25, 0.3) is 0 Å². The summed E-state index contributed by atoms with van der Waals surface area (Å²) in [5.74, 6) is -1.86. The lowest BCUT2D eigenvalue weighted by Gasteiger charge is -2.44. The van der Waals surface area contributed by atoms with Crippen LogP contribution >= 0.6 is 11.8 Å². The van der Waals surface area contributed by atoms with Crippen LogP contribution in [0, 0.1) is 17.8 Å². The van der Waals surface area contributed by atoms with Gasteiger partial charge >= 0.3 is 5.97 Å². The third kappa shape index (κ3) is 9.11. The number of aliphatic hydroxyl groups excluding tert-OH is 2. The minimum absolute atomic E-state index is 0.0701. The second-order valence-corrected chi connectivity index (χ2v) is 11.3. The molecule has 194 valence electrons. The van der Waals surface area contributed by atoms with E-state index in [1.165, 1.54) is 17.8 Å². The van der Waals surface area contributed by atoms with Crippen LogP contribution in [0.4, 0.5) is 0 Å². The minimum Gasteiger partial charge on any atom is -0.459 e. The molecule has 34 heavy (non-hydrogen) atoms. The van der Waals surface area contributed by atoms with E-state index in [-0.39, 0.29) is 35.4 Å². The molecule has 7 atom stereocenters. The molecule has 0 aromatic carbocycles. The summed E-state index contributed by atoms with van der Waals surface area (Å²) in [5.41, 5.74) is 0.747. The number of allylic oxidation sites excluding steroid dienone is 2. The van der Waals surface area contributed by atoms with Crippen LogP contribution in [0.2, 0.25) is 0 Å². The van der Waals surface area contributed by atoms with Gasteiger partial charge in [-0.1, -0.05) is 57.2 Å². The molecule has 1 saturated heterocycles. The van der Waals surface area contributed by atoms with Crippen molar-refractivity contribution < 1.29 is 34.4 Å². The first-order chi connectivity index (χ1) is 15.9. The van der Waals surface area contributed by atoms with E-state index in [1.54, 1.807) is 13.0 Å². The van der Waals surface area contributed by atoms with Crippen molar-refractivity contribution in [2.24, 2.45) is 17.8 Å². The maximum atomic E-state index is 12.6. The Morgan fingerprint density at radius 2 is 1.88 bits per heavy atom. The van der Waals surface area contributed by atoms with E-state index in [1.807, 2.05) is 33.8 Å². The number of aliphatic hydroxyl groups is 3. The smallest absolute Gasteiger partial charge is 0.330 e. The predicted octanol–water partition coefficient (Wildman–Crippen LogP) is 3.75. The minimum atomic E-state index is -1.50. The number of fused-ring (bicyclic) bond motifs is 2. The Kier molecular flexibility index (Phi) is 11.3. The molecule has 0 spiro atoms. The third-order valence-electron chi connectivity index (χ3n) is 6.59. The Hall–Kier alpha value is -1.19. The van der Waals surface area contributed by atoms with Crippen molar-refractivity contribution in [3.63, 3.8) is 0 Å². The molecule has 0 amide bonds. The number of hydrogen-bond acceptors (Lipinski definition) is 8. The highest BCUT2D eigenvalue weighted by Gasteiger charge is 2.45. The Morgan fingerprint density at radius 1 is 1.18 bits per heavy atom. The summed E-state index contributed by atoms with van der Waals surface area (Å²) >= 11 is 1.20. The molecule has 2 rings (SSSR count). The summed E-state index contributed by atoms with van der Waals surface area (Å²) in [6.07, 6.45) is 5.05. The molecule has 2 aliphatic heterocycles. The van der Waals surface area contributed by atoms with Crippen molar-refractivity contribution in [3.8, 4) is 0 Å². The Bertz CT molecular complexity index is 749. The number of thioether (sulfide) groups is 1. The maximum Gasteiger partial charge on any atom is 0.330 e. The molecular weight excluding hydrogens is 456 g/mol. The van der Waals surface area contributed by atoms with E-state index < -0.39 is 30.1 Å². The average Bonchev–Trinajstić information content (AvgIpc) is 2.76. The molecule has 0 aliphatic carbocycles. The lowest BCUT2D eigenvalue weighted by atomic mass is 9.88. The second-order valence-electron chi connectivity index (χ2n) is 10.3. The highest BCUT2D eigenvalue weighted by Crippen LogP contribution is 2.38. The second kappa shape index (κ2) is 13.2. The largest absolute Gasteiger partial charge is 0.459 e. The SMILES string of the molecule is CC1=CC(=O)OC2CC(CCC(C)C=CC(O)C(O)CC1)OC(O)(C(C)CSC(=O)C(C)C)C2. The van der Waals surface area contributed by atoms with Crippen molar-refractivity contribution in [2.45, 2.75) is 103 Å². The summed E-state index contributed by atoms with van der Waals surface area (Å²) < 4.78 is 11.9. The maximum absolute atomic E-state index is 12.6. The molecule has 0 saturated carbocycles. The van der Waals surface area contributed by atoms with Gasteiger partial charge in [-0.25, -0.2) is 4.79 Å². The molecule has 0 aromatic heterocycles. The Morgan fingerprint density at radius 3 is 2.56 bits per heavy atom. The van der Waals surface area contributed by atoms with Crippen molar-refractivity contribution in [1.82, 2.24) is 0 Å². The van der Waals surface area contributed by atoms with E-state index in [2.05, 4.69) is 0 Å². The van der Waals surface area contributed by atoms with Crippen molar-refractivity contribution in [2.75, 3.05) is 5.75 Å². The molecule has 0 radical (unpaired) electrons. The number of rotatable bonds is 4. The van der Waals surface area contributed by atoms with Crippen molar-refractivity contribution in [1.29, 1.82) is 0 Å². The molecule has 2 bridgehead atoms. The van der Waals surface area contributed by atoms with Gasteiger partial charge < -0.3 is 24.8 Å². The van der Waals surface area contributed by atoms with Crippen LogP contribution in [0.3, 0.4) is 0 Å². The number of esters is 1.